The Morgan fingerprint density at radius 3 is 2.61 bits per heavy atom. The minimum Gasteiger partial charge on any atom is -0.399 e. The van der Waals surface area contributed by atoms with Crippen molar-refractivity contribution in [2.24, 2.45) is 0 Å². The number of carbonyl (C=O) groups excluding carboxylic acids is 1. The van der Waals surface area contributed by atoms with E-state index >= 15 is 0 Å². The van der Waals surface area contributed by atoms with Crippen LogP contribution in [-0.2, 0) is 0 Å². The zero-order valence-corrected chi connectivity index (χ0v) is 13.5. The van der Waals surface area contributed by atoms with E-state index in [1.165, 1.54) is 18.5 Å². The van der Waals surface area contributed by atoms with Crippen LogP contribution in [0.3, 0.4) is 0 Å². The fourth-order valence-electron chi connectivity index (χ4n) is 3.01. The van der Waals surface area contributed by atoms with Gasteiger partial charge in [-0.25, -0.2) is 0 Å². The molecule has 1 aliphatic heterocycles. The molecule has 1 amide bonds. The Bertz CT molecular complexity index is 693. The van der Waals surface area contributed by atoms with Gasteiger partial charge in [-0.15, -0.1) is 0 Å². The molecule has 0 radical (unpaired) electrons. The lowest BCUT2D eigenvalue weighted by Gasteiger charge is -2.20. The number of hydrogen-bond donors (Lipinski definition) is 2. The molecule has 4 heteroatoms. The maximum Gasteiger partial charge on any atom is 0.251 e. The van der Waals surface area contributed by atoms with E-state index in [0.717, 1.165) is 18.7 Å². The molecule has 3 N–H and O–H groups in total. The Kier molecular flexibility index (Phi) is 4.51. The van der Waals surface area contributed by atoms with Crippen molar-refractivity contribution in [2.45, 2.75) is 25.8 Å². The minimum absolute atomic E-state index is 0.0496. The summed E-state index contributed by atoms with van der Waals surface area (Å²) < 4.78 is 0. The first-order chi connectivity index (χ1) is 11.1. The van der Waals surface area contributed by atoms with Gasteiger partial charge in [0.15, 0.2) is 0 Å². The molecule has 1 fully saturated rings. The SMILES string of the molecule is CC(NC(=O)c1cccc(N)c1)c1cccc(N2CCCC2)c1. The van der Waals surface area contributed by atoms with Gasteiger partial charge in [0.05, 0.1) is 6.04 Å². The molecule has 1 unspecified atom stereocenters. The van der Waals surface area contributed by atoms with Gasteiger partial charge in [-0.3, -0.25) is 4.79 Å². The largest absolute Gasteiger partial charge is 0.399 e. The fraction of sp³-hybridized carbons (Fsp3) is 0.316. The number of nitrogen functional groups attached to an aromatic ring is 1. The topological polar surface area (TPSA) is 58.4 Å². The van der Waals surface area contributed by atoms with Crippen molar-refractivity contribution in [3.05, 3.63) is 59.7 Å². The highest BCUT2D eigenvalue weighted by atomic mass is 16.1. The van der Waals surface area contributed by atoms with Crippen LogP contribution in [0.15, 0.2) is 48.5 Å². The van der Waals surface area contributed by atoms with Crippen LogP contribution in [0.5, 0.6) is 0 Å². The Morgan fingerprint density at radius 2 is 1.87 bits per heavy atom. The second kappa shape index (κ2) is 6.73. The number of benzene rings is 2. The number of nitrogens with zero attached hydrogens (tertiary/aromatic N) is 1. The van der Waals surface area contributed by atoms with Crippen molar-refractivity contribution in [3.63, 3.8) is 0 Å². The molecule has 1 atom stereocenters. The maximum absolute atomic E-state index is 12.3. The van der Waals surface area contributed by atoms with Crippen LogP contribution in [0.2, 0.25) is 0 Å². The zero-order valence-electron chi connectivity index (χ0n) is 13.5. The summed E-state index contributed by atoms with van der Waals surface area (Å²) in [5.74, 6) is -0.101. The summed E-state index contributed by atoms with van der Waals surface area (Å²) >= 11 is 0. The summed E-state index contributed by atoms with van der Waals surface area (Å²) in [5, 5.41) is 3.04. The first-order valence-electron chi connectivity index (χ1n) is 8.15. The van der Waals surface area contributed by atoms with Crippen LogP contribution in [0.25, 0.3) is 0 Å². The van der Waals surface area contributed by atoms with Gasteiger partial charge in [-0.2, -0.15) is 0 Å². The van der Waals surface area contributed by atoms with Crippen molar-refractivity contribution in [1.82, 2.24) is 5.32 Å². The monoisotopic (exact) mass is 309 g/mol. The Hall–Kier alpha value is -2.49. The molecule has 23 heavy (non-hydrogen) atoms. The maximum atomic E-state index is 12.3. The molecular weight excluding hydrogens is 286 g/mol. The van der Waals surface area contributed by atoms with Gasteiger partial charge in [0, 0.05) is 30.0 Å². The normalized spacial score (nSPS) is 15.4. The molecule has 3 rings (SSSR count). The van der Waals surface area contributed by atoms with Crippen LogP contribution in [0, 0.1) is 0 Å². The standard InChI is InChI=1S/C19H23N3O/c1-14(21-19(23)16-7-4-8-17(20)12-16)15-6-5-9-18(13-15)22-10-2-3-11-22/h4-9,12-14H,2-3,10-11,20H2,1H3,(H,21,23). The van der Waals surface area contributed by atoms with Gasteiger partial charge >= 0.3 is 0 Å². The average Bonchev–Trinajstić information content (AvgIpc) is 3.09. The number of anilines is 2. The first kappa shape index (κ1) is 15.4. The van der Waals surface area contributed by atoms with E-state index in [2.05, 4.69) is 34.5 Å². The summed E-state index contributed by atoms with van der Waals surface area (Å²) in [7, 11) is 0. The highest BCUT2D eigenvalue weighted by Gasteiger charge is 2.15. The molecule has 1 heterocycles. The van der Waals surface area contributed by atoms with Crippen LogP contribution >= 0.6 is 0 Å². The Labute approximate surface area is 137 Å². The minimum atomic E-state index is -0.101. The van der Waals surface area contributed by atoms with Crippen molar-refractivity contribution >= 4 is 17.3 Å². The van der Waals surface area contributed by atoms with Gasteiger partial charge in [0.1, 0.15) is 0 Å². The Balaban J connectivity index is 1.71. The summed E-state index contributed by atoms with van der Waals surface area (Å²) in [5.41, 5.74) is 9.29. The molecule has 1 saturated heterocycles. The van der Waals surface area contributed by atoms with Gasteiger partial charge in [-0.05, 0) is 55.7 Å². The number of hydrogen-bond acceptors (Lipinski definition) is 3. The molecular formula is C19H23N3O. The highest BCUT2D eigenvalue weighted by molar-refractivity contribution is 5.95. The van der Waals surface area contributed by atoms with Gasteiger partial charge in [0.25, 0.3) is 5.91 Å². The van der Waals surface area contributed by atoms with Gasteiger partial charge in [-0.1, -0.05) is 18.2 Å². The van der Waals surface area contributed by atoms with E-state index < -0.39 is 0 Å². The Morgan fingerprint density at radius 1 is 1.13 bits per heavy atom. The number of rotatable bonds is 4. The number of carbonyl (C=O) groups is 1. The molecule has 0 aliphatic carbocycles. The zero-order chi connectivity index (χ0) is 16.2. The van der Waals surface area contributed by atoms with E-state index in [9.17, 15) is 4.79 Å². The lowest BCUT2D eigenvalue weighted by atomic mass is 10.1. The molecule has 0 saturated carbocycles. The van der Waals surface area contributed by atoms with Crippen molar-refractivity contribution in [1.29, 1.82) is 0 Å². The predicted molar refractivity (Wildman–Crippen MR) is 94.6 cm³/mol. The smallest absolute Gasteiger partial charge is 0.251 e. The summed E-state index contributed by atoms with van der Waals surface area (Å²) in [6.45, 7) is 4.24. The summed E-state index contributed by atoms with van der Waals surface area (Å²) in [6.07, 6.45) is 2.51. The van der Waals surface area contributed by atoms with Crippen LogP contribution < -0.4 is 16.0 Å². The summed E-state index contributed by atoms with van der Waals surface area (Å²) in [6, 6.07) is 15.4. The average molecular weight is 309 g/mol. The van der Waals surface area contributed by atoms with Gasteiger partial charge < -0.3 is 16.0 Å². The lowest BCUT2D eigenvalue weighted by molar-refractivity contribution is 0.0940. The third kappa shape index (κ3) is 3.65. The lowest BCUT2D eigenvalue weighted by Crippen LogP contribution is -2.27. The fourth-order valence-corrected chi connectivity index (χ4v) is 3.01. The molecule has 0 spiro atoms. The van der Waals surface area contributed by atoms with Crippen molar-refractivity contribution in [3.8, 4) is 0 Å². The quantitative estimate of drug-likeness (QED) is 0.851. The van der Waals surface area contributed by atoms with E-state index in [1.807, 2.05) is 6.92 Å². The van der Waals surface area contributed by atoms with Crippen LogP contribution in [0.4, 0.5) is 11.4 Å². The predicted octanol–water partition coefficient (Wildman–Crippen LogP) is 3.36. The molecule has 4 nitrogen and oxygen atoms in total. The molecule has 0 aromatic heterocycles. The second-order valence-corrected chi connectivity index (χ2v) is 6.11. The van der Waals surface area contributed by atoms with Crippen molar-refractivity contribution in [2.75, 3.05) is 23.7 Å². The third-order valence-corrected chi connectivity index (χ3v) is 4.34. The third-order valence-electron chi connectivity index (χ3n) is 4.34. The molecule has 1 aliphatic rings. The van der Waals surface area contributed by atoms with Crippen LogP contribution in [-0.4, -0.2) is 19.0 Å². The van der Waals surface area contributed by atoms with E-state index in [4.69, 9.17) is 5.73 Å². The van der Waals surface area contributed by atoms with E-state index in [-0.39, 0.29) is 11.9 Å². The number of amides is 1. The first-order valence-corrected chi connectivity index (χ1v) is 8.15. The van der Waals surface area contributed by atoms with Crippen LogP contribution in [0.1, 0.15) is 41.7 Å². The van der Waals surface area contributed by atoms with Crippen molar-refractivity contribution < 1.29 is 4.79 Å². The molecule has 2 aromatic carbocycles. The highest BCUT2D eigenvalue weighted by Crippen LogP contribution is 2.24. The second-order valence-electron chi connectivity index (χ2n) is 6.11. The number of nitrogens with two attached hydrogens (primary N) is 1. The van der Waals surface area contributed by atoms with Gasteiger partial charge in [0.2, 0.25) is 0 Å². The molecule has 120 valence electrons. The molecule has 0 bridgehead atoms. The summed E-state index contributed by atoms with van der Waals surface area (Å²) in [4.78, 5) is 14.7. The number of nitrogens with one attached hydrogen (secondary N) is 1. The molecule has 2 aromatic rings. The van der Waals surface area contributed by atoms with E-state index in [0.29, 0.717) is 11.3 Å². The van der Waals surface area contributed by atoms with E-state index in [1.54, 1.807) is 24.3 Å².